The SMILES string of the molecule is C=CCSCCNC(=NC)NCc1ccc(CN2CCCC2)cc1. The smallest absolute Gasteiger partial charge is 0.191 e. The van der Waals surface area contributed by atoms with Gasteiger partial charge in [0.15, 0.2) is 5.96 Å². The van der Waals surface area contributed by atoms with Crippen LogP contribution in [0.3, 0.4) is 0 Å². The summed E-state index contributed by atoms with van der Waals surface area (Å²) in [5, 5.41) is 6.70. The van der Waals surface area contributed by atoms with Crippen molar-refractivity contribution in [1.29, 1.82) is 0 Å². The number of hydrogen-bond donors (Lipinski definition) is 2. The Labute approximate surface area is 150 Å². The molecule has 1 saturated heterocycles. The van der Waals surface area contributed by atoms with Crippen molar-refractivity contribution in [2.75, 3.05) is 38.2 Å². The maximum Gasteiger partial charge on any atom is 0.191 e. The van der Waals surface area contributed by atoms with Gasteiger partial charge in [0.25, 0.3) is 0 Å². The molecule has 1 aliphatic rings. The van der Waals surface area contributed by atoms with E-state index in [-0.39, 0.29) is 0 Å². The first-order valence-electron chi connectivity index (χ1n) is 8.75. The molecule has 0 unspecified atom stereocenters. The van der Waals surface area contributed by atoms with E-state index in [0.29, 0.717) is 0 Å². The summed E-state index contributed by atoms with van der Waals surface area (Å²) < 4.78 is 0. The Morgan fingerprint density at radius 3 is 2.58 bits per heavy atom. The lowest BCUT2D eigenvalue weighted by Crippen LogP contribution is -2.37. The minimum absolute atomic E-state index is 0.795. The Balaban J connectivity index is 1.69. The molecule has 0 radical (unpaired) electrons. The van der Waals surface area contributed by atoms with Crippen LogP contribution >= 0.6 is 11.8 Å². The highest BCUT2D eigenvalue weighted by molar-refractivity contribution is 7.99. The number of benzene rings is 1. The molecule has 1 aromatic rings. The Hall–Kier alpha value is -1.46. The molecule has 0 bridgehead atoms. The number of aliphatic imine (C=N–C) groups is 1. The minimum Gasteiger partial charge on any atom is -0.356 e. The molecule has 0 atom stereocenters. The Kier molecular flexibility index (Phi) is 8.77. The lowest BCUT2D eigenvalue weighted by molar-refractivity contribution is 0.331. The molecule has 2 N–H and O–H groups in total. The molecule has 5 heteroatoms. The Morgan fingerprint density at radius 1 is 1.21 bits per heavy atom. The number of guanidine groups is 1. The monoisotopic (exact) mass is 346 g/mol. The maximum absolute atomic E-state index is 4.27. The van der Waals surface area contributed by atoms with E-state index in [2.05, 4.69) is 51.4 Å². The first kappa shape index (κ1) is 18.9. The van der Waals surface area contributed by atoms with E-state index < -0.39 is 0 Å². The summed E-state index contributed by atoms with van der Waals surface area (Å²) in [5.74, 6) is 2.91. The molecule has 24 heavy (non-hydrogen) atoms. The van der Waals surface area contributed by atoms with Crippen molar-refractivity contribution in [1.82, 2.24) is 15.5 Å². The normalized spacial score (nSPS) is 15.5. The third-order valence-electron chi connectivity index (χ3n) is 4.09. The summed E-state index contributed by atoms with van der Waals surface area (Å²) in [4.78, 5) is 6.80. The molecular formula is C19H30N4S. The third-order valence-corrected chi connectivity index (χ3v) is 5.05. The number of nitrogens with one attached hydrogen (secondary N) is 2. The van der Waals surface area contributed by atoms with Gasteiger partial charge in [0.05, 0.1) is 0 Å². The van der Waals surface area contributed by atoms with Gasteiger partial charge in [-0.1, -0.05) is 30.3 Å². The first-order chi connectivity index (χ1) is 11.8. The van der Waals surface area contributed by atoms with Crippen LogP contribution in [0.5, 0.6) is 0 Å². The quantitative estimate of drug-likeness (QED) is 0.312. The van der Waals surface area contributed by atoms with E-state index in [1.54, 1.807) is 0 Å². The summed E-state index contributed by atoms with van der Waals surface area (Å²) in [5.41, 5.74) is 2.69. The van der Waals surface area contributed by atoms with Crippen LogP contribution in [0.15, 0.2) is 41.9 Å². The predicted octanol–water partition coefficient (Wildman–Crippen LogP) is 2.87. The van der Waals surface area contributed by atoms with Gasteiger partial charge in [-0.05, 0) is 37.1 Å². The Morgan fingerprint density at radius 2 is 1.92 bits per heavy atom. The lowest BCUT2D eigenvalue weighted by Gasteiger charge is -2.15. The zero-order valence-corrected chi connectivity index (χ0v) is 15.6. The number of likely N-dealkylation sites (tertiary alicyclic amines) is 1. The van der Waals surface area contributed by atoms with Crippen LogP contribution in [0, 0.1) is 0 Å². The van der Waals surface area contributed by atoms with Crippen molar-refractivity contribution >= 4 is 17.7 Å². The second kappa shape index (κ2) is 11.2. The fourth-order valence-corrected chi connectivity index (χ4v) is 3.36. The largest absolute Gasteiger partial charge is 0.356 e. The molecule has 0 aliphatic carbocycles. The van der Waals surface area contributed by atoms with Crippen molar-refractivity contribution in [3.05, 3.63) is 48.0 Å². The topological polar surface area (TPSA) is 39.7 Å². The van der Waals surface area contributed by atoms with Gasteiger partial charge in [-0.2, -0.15) is 11.8 Å². The van der Waals surface area contributed by atoms with Crippen molar-refractivity contribution in [3.8, 4) is 0 Å². The lowest BCUT2D eigenvalue weighted by atomic mass is 10.1. The van der Waals surface area contributed by atoms with Gasteiger partial charge in [-0.15, -0.1) is 6.58 Å². The van der Waals surface area contributed by atoms with E-state index in [0.717, 1.165) is 37.1 Å². The third kappa shape index (κ3) is 6.97. The average molecular weight is 347 g/mol. The summed E-state index contributed by atoms with van der Waals surface area (Å²) in [6.07, 6.45) is 4.63. The highest BCUT2D eigenvalue weighted by Gasteiger charge is 2.11. The number of thioether (sulfide) groups is 1. The molecule has 1 heterocycles. The molecule has 1 fully saturated rings. The number of nitrogens with zero attached hydrogens (tertiary/aromatic N) is 2. The van der Waals surface area contributed by atoms with E-state index in [9.17, 15) is 0 Å². The van der Waals surface area contributed by atoms with Crippen molar-refractivity contribution in [2.24, 2.45) is 4.99 Å². The average Bonchev–Trinajstić information content (AvgIpc) is 3.12. The van der Waals surface area contributed by atoms with Gasteiger partial charge in [0, 0.05) is 38.2 Å². The second-order valence-corrected chi connectivity index (χ2v) is 7.17. The first-order valence-corrected chi connectivity index (χ1v) is 9.90. The maximum atomic E-state index is 4.27. The van der Waals surface area contributed by atoms with Gasteiger partial charge >= 0.3 is 0 Å². The summed E-state index contributed by atoms with van der Waals surface area (Å²) in [6.45, 7) is 9.01. The molecule has 1 aromatic carbocycles. The van der Waals surface area contributed by atoms with E-state index in [4.69, 9.17) is 0 Å². The molecule has 1 aliphatic heterocycles. The zero-order valence-electron chi connectivity index (χ0n) is 14.8. The Bertz CT molecular complexity index is 507. The van der Waals surface area contributed by atoms with Crippen LogP contribution < -0.4 is 10.6 Å². The molecule has 0 saturated carbocycles. The highest BCUT2D eigenvalue weighted by Crippen LogP contribution is 2.13. The van der Waals surface area contributed by atoms with E-state index in [1.165, 1.54) is 37.1 Å². The van der Waals surface area contributed by atoms with Crippen LogP contribution in [0.1, 0.15) is 24.0 Å². The van der Waals surface area contributed by atoms with Gasteiger partial charge in [-0.3, -0.25) is 9.89 Å². The number of rotatable bonds is 9. The second-order valence-electron chi connectivity index (χ2n) is 6.02. The predicted molar refractivity (Wildman–Crippen MR) is 107 cm³/mol. The molecule has 0 aromatic heterocycles. The van der Waals surface area contributed by atoms with E-state index in [1.807, 2.05) is 24.9 Å². The molecule has 2 rings (SSSR count). The molecule has 4 nitrogen and oxygen atoms in total. The van der Waals surface area contributed by atoms with Crippen LogP contribution in [0.4, 0.5) is 0 Å². The van der Waals surface area contributed by atoms with Gasteiger partial charge in [-0.25, -0.2) is 0 Å². The highest BCUT2D eigenvalue weighted by atomic mass is 32.2. The summed E-state index contributed by atoms with van der Waals surface area (Å²) in [7, 11) is 1.81. The zero-order chi connectivity index (χ0) is 17.0. The summed E-state index contributed by atoms with van der Waals surface area (Å²) in [6, 6.07) is 8.92. The van der Waals surface area contributed by atoms with Crippen molar-refractivity contribution in [2.45, 2.75) is 25.9 Å². The van der Waals surface area contributed by atoms with Gasteiger partial charge in [0.1, 0.15) is 0 Å². The minimum atomic E-state index is 0.795. The fraction of sp³-hybridized carbons (Fsp3) is 0.526. The fourth-order valence-electron chi connectivity index (χ4n) is 2.78. The van der Waals surface area contributed by atoms with Crippen LogP contribution in [-0.2, 0) is 13.1 Å². The van der Waals surface area contributed by atoms with Crippen molar-refractivity contribution in [3.63, 3.8) is 0 Å². The van der Waals surface area contributed by atoms with E-state index >= 15 is 0 Å². The van der Waals surface area contributed by atoms with Gasteiger partial charge in [0.2, 0.25) is 0 Å². The molecule has 132 valence electrons. The molecular weight excluding hydrogens is 316 g/mol. The van der Waals surface area contributed by atoms with Gasteiger partial charge < -0.3 is 10.6 Å². The van der Waals surface area contributed by atoms with Crippen LogP contribution in [-0.4, -0.2) is 49.0 Å². The van der Waals surface area contributed by atoms with Crippen LogP contribution in [0.2, 0.25) is 0 Å². The summed E-state index contributed by atoms with van der Waals surface area (Å²) >= 11 is 1.87. The van der Waals surface area contributed by atoms with Crippen LogP contribution in [0.25, 0.3) is 0 Å². The molecule has 0 amide bonds. The molecule has 0 spiro atoms. The number of hydrogen-bond acceptors (Lipinski definition) is 3. The van der Waals surface area contributed by atoms with Crippen molar-refractivity contribution < 1.29 is 0 Å². The standard InChI is InChI=1S/C19H30N4S/c1-3-13-24-14-10-21-19(20-2)22-15-17-6-8-18(9-7-17)16-23-11-4-5-12-23/h3,6-9H,1,4-5,10-16H2,2H3,(H2,20,21,22).